The number of benzene rings is 1. The zero-order chi connectivity index (χ0) is 15.1. The van der Waals surface area contributed by atoms with Crippen molar-refractivity contribution in [1.29, 1.82) is 0 Å². The van der Waals surface area contributed by atoms with Gasteiger partial charge >= 0.3 is 5.97 Å². The van der Waals surface area contributed by atoms with Gasteiger partial charge in [0.15, 0.2) is 0 Å². The Hall–Kier alpha value is -1.35. The van der Waals surface area contributed by atoms with Gasteiger partial charge in [-0.05, 0) is 61.8 Å². The van der Waals surface area contributed by atoms with Crippen molar-refractivity contribution in [3.63, 3.8) is 0 Å². The quantitative estimate of drug-likeness (QED) is 0.722. The van der Waals surface area contributed by atoms with Crippen LogP contribution in [0.3, 0.4) is 0 Å². The van der Waals surface area contributed by atoms with Gasteiger partial charge in [0.2, 0.25) is 0 Å². The molecule has 0 saturated carbocycles. The first-order valence-corrected chi connectivity index (χ1v) is 8.25. The first kappa shape index (κ1) is 16.0. The predicted molar refractivity (Wildman–Crippen MR) is 85.7 cm³/mol. The lowest BCUT2D eigenvalue weighted by Gasteiger charge is -2.20. The van der Waals surface area contributed by atoms with Gasteiger partial charge in [-0.3, -0.25) is 4.79 Å². The maximum atomic E-state index is 11.0. The molecule has 0 heterocycles. The van der Waals surface area contributed by atoms with E-state index >= 15 is 0 Å². The van der Waals surface area contributed by atoms with Crippen LogP contribution in [0.15, 0.2) is 18.2 Å². The van der Waals surface area contributed by atoms with Crippen LogP contribution in [0.2, 0.25) is 0 Å². The summed E-state index contributed by atoms with van der Waals surface area (Å²) in [6, 6.07) is 6.76. The maximum Gasteiger partial charge on any atom is 0.304 e. The van der Waals surface area contributed by atoms with E-state index in [1.54, 1.807) is 0 Å². The number of carbonyl (C=O) groups is 1. The number of carboxylic acids is 1. The van der Waals surface area contributed by atoms with Gasteiger partial charge in [0.25, 0.3) is 0 Å². The molecule has 0 bridgehead atoms. The van der Waals surface area contributed by atoms with E-state index in [4.69, 9.17) is 5.11 Å². The second-order valence-electron chi connectivity index (χ2n) is 6.12. The van der Waals surface area contributed by atoms with E-state index in [1.165, 1.54) is 42.4 Å². The van der Waals surface area contributed by atoms with Crippen LogP contribution in [0, 0.1) is 0 Å². The average Bonchev–Trinajstić information content (AvgIpc) is 2.46. The molecule has 1 aromatic carbocycles. The molecule has 0 spiro atoms. The molecule has 3 heteroatoms. The molecule has 0 saturated heterocycles. The van der Waals surface area contributed by atoms with Crippen LogP contribution in [0.1, 0.15) is 55.7 Å². The molecule has 1 aromatic rings. The van der Waals surface area contributed by atoms with Gasteiger partial charge in [-0.25, -0.2) is 0 Å². The Morgan fingerprint density at radius 1 is 1.29 bits per heavy atom. The molecule has 0 aromatic heterocycles. The number of hydrogen-bond acceptors (Lipinski definition) is 2. The molecular weight excluding hydrogens is 262 g/mol. The summed E-state index contributed by atoms with van der Waals surface area (Å²) in [5.74, 6) is -0.720. The first-order chi connectivity index (χ1) is 10.2. The summed E-state index contributed by atoms with van der Waals surface area (Å²) in [6.07, 6.45) is 8.19. The molecule has 0 amide bonds. The molecule has 1 unspecified atom stereocenters. The smallest absolute Gasteiger partial charge is 0.304 e. The fraction of sp³-hybridized carbons (Fsp3) is 0.611. The standard InChI is InChI=1S/C18H27NO2/c1-2-3-10-19-17(13-18(20)21)12-14-8-9-15-6-4-5-7-16(15)11-14/h8-9,11,17,19H,2-7,10,12-13H2,1H3,(H,20,21). The second kappa shape index (κ2) is 8.18. The Balaban J connectivity index is 1.99. The monoisotopic (exact) mass is 289 g/mol. The summed E-state index contributed by atoms with van der Waals surface area (Å²) < 4.78 is 0. The summed E-state index contributed by atoms with van der Waals surface area (Å²) in [5, 5.41) is 12.5. The van der Waals surface area contributed by atoms with Crippen molar-refractivity contribution < 1.29 is 9.90 Å². The molecule has 0 fully saturated rings. The van der Waals surface area contributed by atoms with Crippen LogP contribution in [0.5, 0.6) is 0 Å². The summed E-state index contributed by atoms with van der Waals surface area (Å²) in [6.45, 7) is 3.05. The third-order valence-electron chi connectivity index (χ3n) is 4.28. The van der Waals surface area contributed by atoms with Crippen LogP contribution in [0.4, 0.5) is 0 Å². The van der Waals surface area contributed by atoms with Gasteiger partial charge in [-0.1, -0.05) is 31.5 Å². The number of carboxylic acid groups (broad SMARTS) is 1. The molecule has 116 valence electrons. The van der Waals surface area contributed by atoms with Crippen LogP contribution in [-0.4, -0.2) is 23.7 Å². The van der Waals surface area contributed by atoms with Crippen LogP contribution in [0.25, 0.3) is 0 Å². The SMILES string of the molecule is CCCCNC(CC(=O)O)Cc1ccc2c(c1)CCCC2. The van der Waals surface area contributed by atoms with Gasteiger partial charge in [-0.2, -0.15) is 0 Å². The highest BCUT2D eigenvalue weighted by molar-refractivity contribution is 5.67. The Morgan fingerprint density at radius 2 is 2.05 bits per heavy atom. The lowest BCUT2D eigenvalue weighted by atomic mass is 9.89. The van der Waals surface area contributed by atoms with E-state index in [0.717, 1.165) is 25.8 Å². The molecule has 2 N–H and O–H groups in total. The van der Waals surface area contributed by atoms with Gasteiger partial charge in [-0.15, -0.1) is 0 Å². The van der Waals surface area contributed by atoms with E-state index in [0.29, 0.717) is 0 Å². The van der Waals surface area contributed by atoms with E-state index in [-0.39, 0.29) is 12.5 Å². The summed E-state index contributed by atoms with van der Waals surface area (Å²) in [5.41, 5.74) is 4.23. The van der Waals surface area contributed by atoms with Crippen LogP contribution < -0.4 is 5.32 Å². The van der Waals surface area contributed by atoms with Crippen molar-refractivity contribution in [3.8, 4) is 0 Å². The van der Waals surface area contributed by atoms with E-state index in [9.17, 15) is 4.79 Å². The number of aryl methyl sites for hydroxylation is 2. The summed E-state index contributed by atoms with van der Waals surface area (Å²) in [4.78, 5) is 11.0. The van der Waals surface area contributed by atoms with Crippen molar-refractivity contribution in [2.24, 2.45) is 0 Å². The van der Waals surface area contributed by atoms with Crippen molar-refractivity contribution in [3.05, 3.63) is 34.9 Å². The summed E-state index contributed by atoms with van der Waals surface area (Å²) in [7, 11) is 0. The number of hydrogen-bond donors (Lipinski definition) is 2. The van der Waals surface area contributed by atoms with E-state index in [1.807, 2.05) is 0 Å². The third-order valence-corrected chi connectivity index (χ3v) is 4.28. The fourth-order valence-corrected chi connectivity index (χ4v) is 3.11. The number of rotatable bonds is 8. The average molecular weight is 289 g/mol. The highest BCUT2D eigenvalue weighted by Crippen LogP contribution is 2.23. The normalized spacial score (nSPS) is 15.5. The van der Waals surface area contributed by atoms with Gasteiger partial charge in [0, 0.05) is 6.04 Å². The molecule has 21 heavy (non-hydrogen) atoms. The minimum atomic E-state index is -0.720. The van der Waals surface area contributed by atoms with E-state index < -0.39 is 5.97 Å². The molecular formula is C18H27NO2. The van der Waals surface area contributed by atoms with Crippen LogP contribution >= 0.6 is 0 Å². The fourth-order valence-electron chi connectivity index (χ4n) is 3.11. The highest BCUT2D eigenvalue weighted by Gasteiger charge is 2.15. The van der Waals surface area contributed by atoms with Gasteiger partial charge < -0.3 is 10.4 Å². The minimum absolute atomic E-state index is 0.0377. The highest BCUT2D eigenvalue weighted by atomic mass is 16.4. The first-order valence-electron chi connectivity index (χ1n) is 8.25. The van der Waals surface area contributed by atoms with Gasteiger partial charge in [0.05, 0.1) is 6.42 Å². The van der Waals surface area contributed by atoms with Gasteiger partial charge in [0.1, 0.15) is 0 Å². The molecule has 1 aliphatic carbocycles. The topological polar surface area (TPSA) is 49.3 Å². The predicted octanol–water partition coefficient (Wildman–Crippen LogP) is 3.34. The van der Waals surface area contributed by atoms with E-state index in [2.05, 4.69) is 30.4 Å². The maximum absolute atomic E-state index is 11.0. The molecule has 1 aliphatic rings. The largest absolute Gasteiger partial charge is 0.481 e. The molecule has 0 aliphatic heterocycles. The molecule has 0 radical (unpaired) electrons. The lowest BCUT2D eigenvalue weighted by molar-refractivity contribution is -0.137. The zero-order valence-corrected chi connectivity index (χ0v) is 13.0. The third kappa shape index (κ3) is 5.16. The zero-order valence-electron chi connectivity index (χ0n) is 13.0. The molecule has 2 rings (SSSR count). The minimum Gasteiger partial charge on any atom is -0.481 e. The number of nitrogens with one attached hydrogen (secondary N) is 1. The number of fused-ring (bicyclic) bond motifs is 1. The number of unbranched alkanes of at least 4 members (excludes halogenated alkanes) is 1. The lowest BCUT2D eigenvalue weighted by Crippen LogP contribution is -2.34. The Morgan fingerprint density at radius 3 is 2.76 bits per heavy atom. The van der Waals surface area contributed by atoms with Crippen LogP contribution in [-0.2, 0) is 24.1 Å². The number of aliphatic carboxylic acids is 1. The van der Waals surface area contributed by atoms with Crippen molar-refractivity contribution in [1.82, 2.24) is 5.32 Å². The Labute approximate surface area is 127 Å². The Bertz CT molecular complexity index is 470. The molecule has 1 atom stereocenters. The second-order valence-corrected chi connectivity index (χ2v) is 6.12. The summed E-state index contributed by atoms with van der Waals surface area (Å²) >= 11 is 0. The van der Waals surface area contributed by atoms with Crippen molar-refractivity contribution >= 4 is 5.97 Å². The molecule has 3 nitrogen and oxygen atoms in total. The van der Waals surface area contributed by atoms with Crippen molar-refractivity contribution in [2.45, 2.75) is 64.3 Å². The van der Waals surface area contributed by atoms with Crippen molar-refractivity contribution in [2.75, 3.05) is 6.54 Å². The Kier molecular flexibility index (Phi) is 6.24.